The van der Waals surface area contributed by atoms with Crippen molar-refractivity contribution in [3.05, 3.63) is 33.9 Å². The summed E-state index contributed by atoms with van der Waals surface area (Å²) in [6.07, 6.45) is 2.09. The van der Waals surface area contributed by atoms with Gasteiger partial charge in [0.25, 0.3) is 0 Å². The molecule has 0 aliphatic rings. The average Bonchev–Trinajstić information content (AvgIpc) is 2.72. The van der Waals surface area contributed by atoms with Gasteiger partial charge in [0.05, 0.1) is 16.3 Å². The van der Waals surface area contributed by atoms with Crippen LogP contribution in [0.25, 0.3) is 11.1 Å². The van der Waals surface area contributed by atoms with Gasteiger partial charge in [-0.3, -0.25) is 0 Å². The third kappa shape index (κ3) is 2.88. The molecule has 0 amide bonds. The molecule has 2 N–H and O–H groups in total. The second-order valence-electron chi connectivity index (χ2n) is 4.62. The lowest BCUT2D eigenvalue weighted by atomic mass is 9.95. The zero-order chi connectivity index (χ0) is 14.0. The highest BCUT2D eigenvalue weighted by atomic mass is 35.5. The van der Waals surface area contributed by atoms with Gasteiger partial charge in [0, 0.05) is 16.5 Å². The molecule has 2 rings (SSSR count). The van der Waals surface area contributed by atoms with E-state index in [9.17, 15) is 0 Å². The van der Waals surface area contributed by atoms with Crippen LogP contribution in [-0.4, -0.2) is 5.16 Å². The third-order valence-electron chi connectivity index (χ3n) is 3.13. The molecule has 0 aliphatic carbocycles. The van der Waals surface area contributed by atoms with Crippen LogP contribution in [-0.2, 0) is 0 Å². The topological polar surface area (TPSA) is 52.0 Å². The van der Waals surface area contributed by atoms with Gasteiger partial charge in [-0.1, -0.05) is 54.7 Å². The molecule has 102 valence electrons. The van der Waals surface area contributed by atoms with Gasteiger partial charge in [-0.15, -0.1) is 0 Å². The zero-order valence-electron chi connectivity index (χ0n) is 10.9. The van der Waals surface area contributed by atoms with Crippen molar-refractivity contribution in [3.8, 4) is 11.1 Å². The first-order valence-corrected chi connectivity index (χ1v) is 7.00. The van der Waals surface area contributed by atoms with Crippen molar-refractivity contribution in [2.45, 2.75) is 32.6 Å². The van der Waals surface area contributed by atoms with Gasteiger partial charge in [-0.25, -0.2) is 0 Å². The van der Waals surface area contributed by atoms with E-state index in [-0.39, 0.29) is 5.92 Å². The number of rotatable bonds is 4. The summed E-state index contributed by atoms with van der Waals surface area (Å²) in [5.74, 6) is 0.565. The normalized spacial score (nSPS) is 12.6. The van der Waals surface area contributed by atoms with Gasteiger partial charge in [-0.05, 0) is 18.6 Å². The Kier molecular flexibility index (Phi) is 4.38. The summed E-state index contributed by atoms with van der Waals surface area (Å²) in [4.78, 5) is 0. The highest BCUT2D eigenvalue weighted by molar-refractivity contribution is 6.36. The minimum absolute atomic E-state index is 0.271. The van der Waals surface area contributed by atoms with E-state index >= 15 is 0 Å². The van der Waals surface area contributed by atoms with Gasteiger partial charge < -0.3 is 10.3 Å². The van der Waals surface area contributed by atoms with Crippen molar-refractivity contribution in [1.82, 2.24) is 5.16 Å². The van der Waals surface area contributed by atoms with Crippen LogP contribution in [0.2, 0.25) is 10.0 Å². The lowest BCUT2D eigenvalue weighted by Gasteiger charge is -2.10. The molecule has 1 unspecified atom stereocenters. The van der Waals surface area contributed by atoms with Gasteiger partial charge in [0.15, 0.2) is 0 Å². The molecule has 0 radical (unpaired) electrons. The van der Waals surface area contributed by atoms with Crippen molar-refractivity contribution >= 4 is 29.1 Å². The Morgan fingerprint density at radius 2 is 2.11 bits per heavy atom. The average molecular weight is 299 g/mol. The van der Waals surface area contributed by atoms with Crippen LogP contribution in [0.4, 0.5) is 5.88 Å². The molecule has 0 bridgehead atoms. The van der Waals surface area contributed by atoms with E-state index in [1.165, 1.54) is 0 Å². The number of nitrogens with two attached hydrogens (primary N) is 1. The maximum absolute atomic E-state index is 6.24. The number of benzene rings is 1. The number of anilines is 1. The lowest BCUT2D eigenvalue weighted by molar-refractivity contribution is 0.419. The van der Waals surface area contributed by atoms with Crippen LogP contribution < -0.4 is 5.73 Å². The summed E-state index contributed by atoms with van der Waals surface area (Å²) in [5.41, 5.74) is 8.33. The first kappa shape index (κ1) is 14.2. The zero-order valence-corrected chi connectivity index (χ0v) is 12.4. The second kappa shape index (κ2) is 5.85. The lowest BCUT2D eigenvalue weighted by Crippen LogP contribution is -1.97. The van der Waals surface area contributed by atoms with Crippen LogP contribution in [0.3, 0.4) is 0 Å². The first-order valence-electron chi connectivity index (χ1n) is 6.25. The van der Waals surface area contributed by atoms with Gasteiger partial charge in [0.2, 0.25) is 5.88 Å². The standard InChI is InChI=1S/C14H16Cl2N2O/c1-3-4-8(2)13-12(14(17)19-18-13)10-6-5-9(15)7-11(10)16/h5-8H,3-4,17H2,1-2H3. The molecule has 0 aliphatic heterocycles. The maximum atomic E-state index is 6.24. The van der Waals surface area contributed by atoms with Crippen molar-refractivity contribution in [1.29, 1.82) is 0 Å². The molecular weight excluding hydrogens is 283 g/mol. The van der Waals surface area contributed by atoms with Gasteiger partial charge in [0.1, 0.15) is 0 Å². The molecule has 1 atom stereocenters. The Morgan fingerprint density at radius 3 is 2.74 bits per heavy atom. The summed E-state index contributed by atoms with van der Waals surface area (Å²) < 4.78 is 5.14. The van der Waals surface area contributed by atoms with E-state index in [4.69, 9.17) is 33.5 Å². The van der Waals surface area contributed by atoms with Crippen LogP contribution in [0, 0.1) is 0 Å². The molecule has 1 heterocycles. The minimum atomic E-state index is 0.271. The number of halogens is 2. The van der Waals surface area contributed by atoms with Crippen molar-refractivity contribution in [2.24, 2.45) is 0 Å². The smallest absolute Gasteiger partial charge is 0.230 e. The summed E-state index contributed by atoms with van der Waals surface area (Å²) in [6.45, 7) is 4.24. The minimum Gasteiger partial charge on any atom is -0.367 e. The predicted molar refractivity (Wildman–Crippen MR) is 79.7 cm³/mol. The van der Waals surface area contributed by atoms with E-state index in [1.54, 1.807) is 12.1 Å². The highest BCUT2D eigenvalue weighted by Crippen LogP contribution is 2.39. The Balaban J connectivity index is 2.52. The van der Waals surface area contributed by atoms with Gasteiger partial charge >= 0.3 is 0 Å². The van der Waals surface area contributed by atoms with E-state index in [0.29, 0.717) is 15.9 Å². The molecule has 0 saturated carbocycles. The van der Waals surface area contributed by atoms with Crippen molar-refractivity contribution in [2.75, 3.05) is 5.73 Å². The van der Waals surface area contributed by atoms with Crippen molar-refractivity contribution < 1.29 is 4.52 Å². The fourth-order valence-electron chi connectivity index (χ4n) is 2.18. The Morgan fingerprint density at radius 1 is 1.37 bits per heavy atom. The number of nitrogen functional groups attached to an aromatic ring is 1. The first-order chi connectivity index (χ1) is 9.04. The van der Waals surface area contributed by atoms with Crippen molar-refractivity contribution in [3.63, 3.8) is 0 Å². The molecule has 3 nitrogen and oxygen atoms in total. The molecule has 2 aromatic rings. The fraction of sp³-hybridized carbons (Fsp3) is 0.357. The van der Waals surface area contributed by atoms with E-state index in [1.807, 2.05) is 6.07 Å². The highest BCUT2D eigenvalue weighted by Gasteiger charge is 2.22. The molecule has 1 aromatic carbocycles. The Labute approximate surface area is 122 Å². The monoisotopic (exact) mass is 298 g/mol. The SMILES string of the molecule is CCCC(C)c1noc(N)c1-c1ccc(Cl)cc1Cl. The molecular formula is C14H16Cl2N2O. The van der Waals surface area contributed by atoms with E-state index < -0.39 is 0 Å². The van der Waals surface area contributed by atoms with Crippen LogP contribution in [0.1, 0.15) is 38.3 Å². The van der Waals surface area contributed by atoms with E-state index in [0.717, 1.165) is 29.7 Å². The quantitative estimate of drug-likeness (QED) is 0.851. The number of nitrogens with zero attached hydrogens (tertiary/aromatic N) is 1. The summed E-state index contributed by atoms with van der Waals surface area (Å²) in [5, 5.41) is 5.22. The van der Waals surface area contributed by atoms with Crippen LogP contribution in [0.15, 0.2) is 22.7 Å². The Bertz CT molecular complexity index is 581. The largest absolute Gasteiger partial charge is 0.367 e. The maximum Gasteiger partial charge on any atom is 0.230 e. The summed E-state index contributed by atoms with van der Waals surface area (Å²) in [6, 6.07) is 5.32. The second-order valence-corrected chi connectivity index (χ2v) is 5.46. The third-order valence-corrected chi connectivity index (χ3v) is 3.68. The summed E-state index contributed by atoms with van der Waals surface area (Å²) >= 11 is 12.2. The Hall–Kier alpha value is -1.19. The van der Waals surface area contributed by atoms with Crippen LogP contribution in [0.5, 0.6) is 0 Å². The molecule has 19 heavy (non-hydrogen) atoms. The summed E-state index contributed by atoms with van der Waals surface area (Å²) in [7, 11) is 0. The molecule has 1 aromatic heterocycles. The van der Waals surface area contributed by atoms with Crippen LogP contribution >= 0.6 is 23.2 Å². The fourth-order valence-corrected chi connectivity index (χ4v) is 2.69. The number of hydrogen-bond acceptors (Lipinski definition) is 3. The van der Waals surface area contributed by atoms with E-state index in [2.05, 4.69) is 19.0 Å². The molecule has 0 fully saturated rings. The number of hydrogen-bond donors (Lipinski definition) is 1. The van der Waals surface area contributed by atoms with Gasteiger partial charge in [-0.2, -0.15) is 0 Å². The molecule has 0 saturated heterocycles. The molecule has 0 spiro atoms. The molecule has 5 heteroatoms. The number of aromatic nitrogens is 1. The predicted octanol–water partition coefficient (Wildman–Crippen LogP) is 5.13.